The van der Waals surface area contributed by atoms with Crippen molar-refractivity contribution in [2.75, 3.05) is 4.90 Å². The molecule has 0 bridgehead atoms. The third kappa shape index (κ3) is 1.33. The predicted molar refractivity (Wildman–Crippen MR) is 65.7 cm³/mol. The third-order valence-electron chi connectivity index (χ3n) is 3.96. The molecule has 3 rings (SSSR count). The molecule has 0 radical (unpaired) electrons. The summed E-state index contributed by atoms with van der Waals surface area (Å²) >= 11 is 0. The lowest BCUT2D eigenvalue weighted by Crippen LogP contribution is -2.53. The lowest BCUT2D eigenvalue weighted by atomic mass is 9.85. The Labute approximate surface area is 101 Å². The van der Waals surface area contributed by atoms with Crippen molar-refractivity contribution in [1.29, 1.82) is 0 Å². The summed E-state index contributed by atoms with van der Waals surface area (Å²) < 4.78 is 0. The molecule has 2 heterocycles. The second-order valence-corrected chi connectivity index (χ2v) is 5.56. The third-order valence-corrected chi connectivity index (χ3v) is 3.96. The van der Waals surface area contributed by atoms with Crippen LogP contribution >= 0.6 is 0 Å². The van der Waals surface area contributed by atoms with Crippen molar-refractivity contribution in [1.82, 2.24) is 4.98 Å². The Morgan fingerprint density at radius 3 is 2.82 bits per heavy atom. The van der Waals surface area contributed by atoms with Crippen LogP contribution in [-0.4, -0.2) is 23.0 Å². The molecule has 90 valence electrons. The molecule has 2 aliphatic rings. The largest absolute Gasteiger partial charge is 0.328 e. The van der Waals surface area contributed by atoms with Crippen molar-refractivity contribution in [2.24, 2.45) is 5.73 Å². The molecule has 1 saturated carbocycles. The quantitative estimate of drug-likeness (QED) is 0.790. The number of hydrogen-bond donors (Lipinski definition) is 1. The van der Waals surface area contributed by atoms with Gasteiger partial charge in [-0.15, -0.1) is 0 Å². The summed E-state index contributed by atoms with van der Waals surface area (Å²) in [7, 11) is 0. The number of carbonyl (C=O) groups is 1. The van der Waals surface area contributed by atoms with E-state index in [0.29, 0.717) is 0 Å². The van der Waals surface area contributed by atoms with E-state index in [1.807, 2.05) is 30.9 Å². The molecular weight excluding hydrogens is 214 g/mol. The molecule has 2 N–H and O–H groups in total. The van der Waals surface area contributed by atoms with Crippen LogP contribution < -0.4 is 10.6 Å². The van der Waals surface area contributed by atoms with E-state index in [1.54, 1.807) is 6.20 Å². The number of rotatable bonds is 1. The Bertz CT molecular complexity index is 477. The number of hydrogen-bond acceptors (Lipinski definition) is 3. The molecule has 0 spiro atoms. The fourth-order valence-corrected chi connectivity index (χ4v) is 2.77. The Balaban J connectivity index is 2.04. The van der Waals surface area contributed by atoms with E-state index in [0.717, 1.165) is 24.2 Å². The van der Waals surface area contributed by atoms with Crippen LogP contribution in [0.2, 0.25) is 0 Å². The number of nitrogens with two attached hydrogens (primary N) is 1. The van der Waals surface area contributed by atoms with E-state index in [4.69, 9.17) is 5.73 Å². The van der Waals surface area contributed by atoms with E-state index in [2.05, 4.69) is 4.98 Å². The molecule has 1 fully saturated rings. The van der Waals surface area contributed by atoms with Crippen LogP contribution in [0.1, 0.15) is 32.3 Å². The Kier molecular flexibility index (Phi) is 2.08. The van der Waals surface area contributed by atoms with Gasteiger partial charge in [0.25, 0.3) is 0 Å². The number of fused-ring (bicyclic) bond motifs is 1. The highest BCUT2D eigenvalue weighted by Crippen LogP contribution is 2.43. The molecule has 1 aliphatic carbocycles. The maximum Gasteiger partial charge on any atom is 0.238 e. The summed E-state index contributed by atoms with van der Waals surface area (Å²) in [6.07, 6.45) is 3.52. The van der Waals surface area contributed by atoms with Gasteiger partial charge in [-0.05, 0) is 32.8 Å². The van der Waals surface area contributed by atoms with Gasteiger partial charge in [-0.1, -0.05) is 6.07 Å². The molecule has 0 aromatic carbocycles. The first-order valence-corrected chi connectivity index (χ1v) is 6.06. The second kappa shape index (κ2) is 3.29. The van der Waals surface area contributed by atoms with Crippen molar-refractivity contribution in [3.05, 3.63) is 23.9 Å². The highest BCUT2D eigenvalue weighted by Gasteiger charge is 2.49. The first kappa shape index (κ1) is 10.7. The van der Waals surface area contributed by atoms with Crippen LogP contribution in [0.25, 0.3) is 0 Å². The van der Waals surface area contributed by atoms with Crippen molar-refractivity contribution < 1.29 is 4.79 Å². The predicted octanol–water partition coefficient (Wildman–Crippen LogP) is 1.20. The lowest BCUT2D eigenvalue weighted by Gasteiger charge is -2.39. The molecule has 17 heavy (non-hydrogen) atoms. The number of amides is 1. The zero-order valence-corrected chi connectivity index (χ0v) is 10.2. The Morgan fingerprint density at radius 2 is 2.18 bits per heavy atom. The van der Waals surface area contributed by atoms with Crippen LogP contribution in [0, 0.1) is 0 Å². The Hall–Kier alpha value is -1.42. The number of pyridine rings is 1. The normalized spacial score (nSPS) is 30.1. The molecule has 4 heteroatoms. The van der Waals surface area contributed by atoms with Gasteiger partial charge in [0.2, 0.25) is 5.91 Å². The fraction of sp³-hybridized carbons (Fsp3) is 0.538. The summed E-state index contributed by atoms with van der Waals surface area (Å²) in [5, 5.41) is 0. The number of carbonyl (C=O) groups excluding carboxylic acids is 1. The van der Waals surface area contributed by atoms with Gasteiger partial charge in [0.05, 0.1) is 5.41 Å². The maximum atomic E-state index is 12.5. The van der Waals surface area contributed by atoms with Crippen LogP contribution in [0.4, 0.5) is 5.82 Å². The molecule has 0 saturated heterocycles. The van der Waals surface area contributed by atoms with Gasteiger partial charge in [0.1, 0.15) is 5.82 Å². The molecule has 0 atom stereocenters. The fourth-order valence-electron chi connectivity index (χ4n) is 2.77. The van der Waals surface area contributed by atoms with Gasteiger partial charge < -0.3 is 5.73 Å². The highest BCUT2D eigenvalue weighted by molar-refractivity contribution is 6.07. The van der Waals surface area contributed by atoms with Crippen LogP contribution in [-0.2, 0) is 10.2 Å². The standard InChI is InChI=1S/C13H17N3O/c1-13(2)10-4-3-5-15-11(10)16(12(13)17)9-6-8(14)7-9/h3-5,8-9H,6-7,14H2,1-2H3/t8-,9-. The van der Waals surface area contributed by atoms with Gasteiger partial charge in [-0.25, -0.2) is 4.98 Å². The van der Waals surface area contributed by atoms with Crippen molar-refractivity contribution in [3.63, 3.8) is 0 Å². The van der Waals surface area contributed by atoms with E-state index in [1.165, 1.54) is 0 Å². The van der Waals surface area contributed by atoms with Crippen molar-refractivity contribution >= 4 is 11.7 Å². The van der Waals surface area contributed by atoms with Crippen LogP contribution in [0.5, 0.6) is 0 Å². The molecular formula is C13H17N3O. The smallest absolute Gasteiger partial charge is 0.238 e. The Morgan fingerprint density at radius 1 is 1.47 bits per heavy atom. The van der Waals surface area contributed by atoms with Gasteiger partial charge in [0.15, 0.2) is 0 Å². The van der Waals surface area contributed by atoms with Gasteiger partial charge in [-0.3, -0.25) is 9.69 Å². The molecule has 1 amide bonds. The molecule has 1 aromatic rings. The SMILES string of the molecule is CC1(C)C(=O)N([C@H]2C[C@H](N)C2)c2ncccc21. The van der Waals surface area contributed by atoms with E-state index >= 15 is 0 Å². The van der Waals surface area contributed by atoms with Crippen LogP contribution in [0.15, 0.2) is 18.3 Å². The summed E-state index contributed by atoms with van der Waals surface area (Å²) in [6.45, 7) is 3.93. The topological polar surface area (TPSA) is 59.2 Å². The maximum absolute atomic E-state index is 12.5. The molecule has 4 nitrogen and oxygen atoms in total. The van der Waals surface area contributed by atoms with E-state index in [9.17, 15) is 4.79 Å². The second-order valence-electron chi connectivity index (χ2n) is 5.56. The summed E-state index contributed by atoms with van der Waals surface area (Å²) in [5.41, 5.74) is 6.39. The molecule has 1 aliphatic heterocycles. The zero-order valence-electron chi connectivity index (χ0n) is 10.2. The summed E-state index contributed by atoms with van der Waals surface area (Å²) in [5.74, 6) is 0.988. The average Bonchev–Trinajstić information content (AvgIpc) is 2.45. The van der Waals surface area contributed by atoms with E-state index in [-0.39, 0.29) is 18.0 Å². The molecule has 0 unspecified atom stereocenters. The van der Waals surface area contributed by atoms with Gasteiger partial charge in [-0.2, -0.15) is 0 Å². The number of anilines is 1. The van der Waals surface area contributed by atoms with Gasteiger partial charge >= 0.3 is 0 Å². The number of aromatic nitrogens is 1. The minimum Gasteiger partial charge on any atom is -0.328 e. The van der Waals surface area contributed by atoms with Crippen LogP contribution in [0.3, 0.4) is 0 Å². The van der Waals surface area contributed by atoms with E-state index < -0.39 is 5.41 Å². The van der Waals surface area contributed by atoms with Crippen molar-refractivity contribution in [2.45, 2.75) is 44.2 Å². The summed E-state index contributed by atoms with van der Waals surface area (Å²) in [6, 6.07) is 4.37. The van der Waals surface area contributed by atoms with Crippen molar-refractivity contribution in [3.8, 4) is 0 Å². The zero-order chi connectivity index (χ0) is 12.2. The number of nitrogens with zero attached hydrogens (tertiary/aromatic N) is 2. The monoisotopic (exact) mass is 231 g/mol. The lowest BCUT2D eigenvalue weighted by molar-refractivity contribution is -0.122. The molecule has 1 aromatic heterocycles. The summed E-state index contributed by atoms with van der Waals surface area (Å²) in [4.78, 5) is 18.7. The highest BCUT2D eigenvalue weighted by atomic mass is 16.2. The first-order valence-electron chi connectivity index (χ1n) is 6.06. The van der Waals surface area contributed by atoms with Gasteiger partial charge in [0, 0.05) is 23.8 Å². The minimum atomic E-state index is -0.455. The average molecular weight is 231 g/mol. The minimum absolute atomic E-state index is 0.156. The first-order chi connectivity index (χ1) is 8.01.